The summed E-state index contributed by atoms with van der Waals surface area (Å²) in [4.78, 5) is 11.4. The SMILES string of the molecule is COc1cc(C(=O)I)cc(-c2cccc(F)c2)c1. The fourth-order valence-corrected chi connectivity index (χ4v) is 1.98. The van der Waals surface area contributed by atoms with E-state index in [1.54, 1.807) is 52.9 Å². The minimum absolute atomic E-state index is 0.0795. The van der Waals surface area contributed by atoms with Crippen molar-refractivity contribution in [1.82, 2.24) is 0 Å². The molecule has 18 heavy (non-hydrogen) atoms. The molecular weight excluding hydrogens is 346 g/mol. The van der Waals surface area contributed by atoms with Crippen LogP contribution in [-0.4, -0.2) is 10.9 Å². The Kier molecular flexibility index (Phi) is 3.96. The first-order valence-corrected chi connectivity index (χ1v) is 6.33. The van der Waals surface area contributed by atoms with Gasteiger partial charge in [-0.3, -0.25) is 4.79 Å². The van der Waals surface area contributed by atoms with Gasteiger partial charge < -0.3 is 4.74 Å². The number of hydrogen-bond donors (Lipinski definition) is 0. The van der Waals surface area contributed by atoms with Crippen LogP contribution >= 0.6 is 22.6 Å². The topological polar surface area (TPSA) is 26.3 Å². The van der Waals surface area contributed by atoms with E-state index in [2.05, 4.69) is 0 Å². The molecule has 4 heteroatoms. The number of ether oxygens (including phenoxy) is 1. The second-order valence-electron chi connectivity index (χ2n) is 3.73. The van der Waals surface area contributed by atoms with E-state index in [9.17, 15) is 9.18 Å². The molecule has 2 nitrogen and oxygen atoms in total. The summed E-state index contributed by atoms with van der Waals surface area (Å²) >= 11 is 1.72. The Balaban J connectivity index is 2.56. The first kappa shape index (κ1) is 13.0. The Labute approximate surface area is 118 Å². The van der Waals surface area contributed by atoms with Crippen molar-refractivity contribution in [2.24, 2.45) is 0 Å². The van der Waals surface area contributed by atoms with Crippen LogP contribution in [0.3, 0.4) is 0 Å². The molecule has 0 aliphatic rings. The van der Waals surface area contributed by atoms with Crippen molar-refractivity contribution >= 4 is 26.4 Å². The molecular formula is C14H10FIO2. The van der Waals surface area contributed by atoms with Crippen LogP contribution in [0.1, 0.15) is 10.4 Å². The van der Waals surface area contributed by atoms with Crippen molar-refractivity contribution in [3.8, 4) is 16.9 Å². The fraction of sp³-hybridized carbons (Fsp3) is 0.0714. The van der Waals surface area contributed by atoms with Gasteiger partial charge in [0.15, 0.2) is 0 Å². The summed E-state index contributed by atoms with van der Waals surface area (Å²) in [6.07, 6.45) is 0. The molecule has 0 atom stereocenters. The third-order valence-electron chi connectivity index (χ3n) is 2.53. The summed E-state index contributed by atoms with van der Waals surface area (Å²) in [5.41, 5.74) is 2.01. The van der Waals surface area contributed by atoms with Gasteiger partial charge in [0.05, 0.1) is 7.11 Å². The zero-order valence-electron chi connectivity index (χ0n) is 9.61. The van der Waals surface area contributed by atoms with Gasteiger partial charge in [-0.25, -0.2) is 4.39 Å². The van der Waals surface area contributed by atoms with E-state index in [1.807, 2.05) is 0 Å². The molecule has 0 saturated carbocycles. The molecule has 92 valence electrons. The van der Waals surface area contributed by atoms with Gasteiger partial charge in [-0.05, 0) is 41.5 Å². The summed E-state index contributed by atoms with van der Waals surface area (Å²) in [5, 5.41) is 0. The monoisotopic (exact) mass is 356 g/mol. The van der Waals surface area contributed by atoms with Crippen molar-refractivity contribution in [2.75, 3.05) is 7.11 Å². The van der Waals surface area contributed by atoms with Crippen molar-refractivity contribution in [3.63, 3.8) is 0 Å². The van der Waals surface area contributed by atoms with Gasteiger partial charge in [0, 0.05) is 28.2 Å². The molecule has 0 spiro atoms. The predicted molar refractivity (Wildman–Crippen MR) is 76.7 cm³/mol. The maximum Gasteiger partial charge on any atom is 0.222 e. The van der Waals surface area contributed by atoms with E-state index in [1.165, 1.54) is 19.2 Å². The molecule has 0 fully saturated rings. The fourth-order valence-electron chi connectivity index (χ4n) is 1.67. The Morgan fingerprint density at radius 3 is 2.56 bits per heavy atom. The van der Waals surface area contributed by atoms with Crippen LogP contribution < -0.4 is 4.74 Å². The quantitative estimate of drug-likeness (QED) is 0.612. The number of carbonyl (C=O) groups excluding carboxylic acids is 1. The van der Waals surface area contributed by atoms with Gasteiger partial charge in [-0.1, -0.05) is 12.1 Å². The molecule has 0 aliphatic carbocycles. The molecule has 0 saturated heterocycles. The van der Waals surface area contributed by atoms with Gasteiger partial charge in [-0.15, -0.1) is 0 Å². The second-order valence-corrected chi connectivity index (χ2v) is 4.71. The summed E-state index contributed by atoms with van der Waals surface area (Å²) in [6.45, 7) is 0. The van der Waals surface area contributed by atoms with Gasteiger partial charge in [-0.2, -0.15) is 0 Å². The maximum atomic E-state index is 13.2. The number of carbonyl (C=O) groups is 1. The van der Waals surface area contributed by atoms with Crippen LogP contribution in [-0.2, 0) is 0 Å². The highest BCUT2D eigenvalue weighted by Crippen LogP contribution is 2.27. The first-order valence-electron chi connectivity index (χ1n) is 5.25. The summed E-state index contributed by atoms with van der Waals surface area (Å²) in [5.74, 6) is 0.273. The van der Waals surface area contributed by atoms with E-state index >= 15 is 0 Å². The predicted octanol–water partition coefficient (Wildman–Crippen LogP) is 4.08. The van der Waals surface area contributed by atoms with Gasteiger partial charge in [0.2, 0.25) is 3.79 Å². The Morgan fingerprint density at radius 1 is 1.17 bits per heavy atom. The number of hydrogen-bond acceptors (Lipinski definition) is 2. The molecule has 0 radical (unpaired) electrons. The van der Waals surface area contributed by atoms with Crippen molar-refractivity contribution in [1.29, 1.82) is 0 Å². The molecule has 0 bridgehead atoms. The summed E-state index contributed by atoms with van der Waals surface area (Å²) in [7, 11) is 1.53. The number of rotatable bonds is 3. The molecule has 2 rings (SSSR count). The smallest absolute Gasteiger partial charge is 0.222 e. The lowest BCUT2D eigenvalue weighted by Gasteiger charge is -2.07. The molecule has 0 unspecified atom stereocenters. The van der Waals surface area contributed by atoms with Crippen molar-refractivity contribution in [2.45, 2.75) is 0 Å². The molecule has 0 N–H and O–H groups in total. The zero-order valence-corrected chi connectivity index (χ0v) is 11.8. The molecule has 2 aromatic rings. The van der Waals surface area contributed by atoms with Crippen LogP contribution in [0.4, 0.5) is 4.39 Å². The van der Waals surface area contributed by atoms with Crippen LogP contribution in [0.5, 0.6) is 5.75 Å². The van der Waals surface area contributed by atoms with Gasteiger partial charge in [0.1, 0.15) is 11.6 Å². The molecule has 0 aromatic heterocycles. The number of halogens is 2. The summed E-state index contributed by atoms with van der Waals surface area (Å²) < 4.78 is 18.3. The van der Waals surface area contributed by atoms with Crippen LogP contribution in [0.25, 0.3) is 11.1 Å². The highest BCUT2D eigenvalue weighted by atomic mass is 127. The maximum absolute atomic E-state index is 13.2. The second kappa shape index (κ2) is 5.48. The van der Waals surface area contributed by atoms with Gasteiger partial charge >= 0.3 is 0 Å². The van der Waals surface area contributed by atoms with E-state index < -0.39 is 0 Å². The summed E-state index contributed by atoms with van der Waals surface area (Å²) in [6, 6.07) is 11.4. The average molecular weight is 356 g/mol. The van der Waals surface area contributed by atoms with E-state index in [4.69, 9.17) is 4.74 Å². The lowest BCUT2D eigenvalue weighted by molar-refractivity contribution is 0.110. The van der Waals surface area contributed by atoms with Gasteiger partial charge in [0.25, 0.3) is 0 Å². The minimum Gasteiger partial charge on any atom is -0.497 e. The van der Waals surface area contributed by atoms with Crippen molar-refractivity contribution in [3.05, 3.63) is 53.8 Å². The largest absolute Gasteiger partial charge is 0.497 e. The zero-order chi connectivity index (χ0) is 13.1. The highest BCUT2D eigenvalue weighted by Gasteiger charge is 2.08. The van der Waals surface area contributed by atoms with E-state index in [-0.39, 0.29) is 9.61 Å². The number of benzene rings is 2. The van der Waals surface area contributed by atoms with E-state index in [0.29, 0.717) is 16.9 Å². The standard InChI is InChI=1S/C14H10FIO2/c1-18-13-7-10(5-11(8-13)14(16)17)9-3-2-4-12(15)6-9/h2-8H,1H3. The third kappa shape index (κ3) is 2.87. The van der Waals surface area contributed by atoms with E-state index in [0.717, 1.165) is 5.56 Å². The lowest BCUT2D eigenvalue weighted by Crippen LogP contribution is -1.92. The lowest BCUT2D eigenvalue weighted by atomic mass is 10.0. The Morgan fingerprint density at radius 2 is 1.94 bits per heavy atom. The van der Waals surface area contributed by atoms with Crippen LogP contribution in [0.15, 0.2) is 42.5 Å². The van der Waals surface area contributed by atoms with Crippen LogP contribution in [0, 0.1) is 5.82 Å². The Hall–Kier alpha value is -1.43. The average Bonchev–Trinajstić information content (AvgIpc) is 2.38. The molecule has 0 amide bonds. The normalized spacial score (nSPS) is 10.2. The molecule has 2 aromatic carbocycles. The minimum atomic E-state index is -0.308. The number of methoxy groups -OCH3 is 1. The van der Waals surface area contributed by atoms with Crippen LogP contribution in [0.2, 0.25) is 0 Å². The first-order chi connectivity index (χ1) is 8.60. The molecule has 0 aliphatic heterocycles. The van der Waals surface area contributed by atoms with Crippen molar-refractivity contribution < 1.29 is 13.9 Å². The molecule has 0 heterocycles. The highest BCUT2D eigenvalue weighted by molar-refractivity contribution is 14.1. The third-order valence-corrected chi connectivity index (χ3v) is 3.15. The Bertz CT molecular complexity index is 596.